The van der Waals surface area contributed by atoms with Crippen molar-refractivity contribution in [1.82, 2.24) is 10.3 Å². The highest BCUT2D eigenvalue weighted by Crippen LogP contribution is 2.29. The van der Waals surface area contributed by atoms with Gasteiger partial charge in [0.2, 0.25) is 0 Å². The summed E-state index contributed by atoms with van der Waals surface area (Å²) in [6.45, 7) is 4.73. The zero-order chi connectivity index (χ0) is 9.10. The van der Waals surface area contributed by atoms with Crippen LogP contribution in [-0.4, -0.2) is 18.1 Å². The van der Waals surface area contributed by atoms with Crippen molar-refractivity contribution in [2.45, 2.75) is 25.7 Å². The monoisotopic (exact) mass is 178 g/mol. The van der Waals surface area contributed by atoms with Crippen LogP contribution in [0, 0.1) is 5.92 Å². The lowest BCUT2D eigenvalue weighted by atomic mass is 9.83. The molecule has 0 radical (unpaired) electrons. The zero-order valence-corrected chi connectivity index (χ0v) is 8.22. The van der Waals surface area contributed by atoms with Crippen LogP contribution in [0.4, 0.5) is 0 Å². The van der Waals surface area contributed by atoms with Gasteiger partial charge in [-0.2, -0.15) is 0 Å². The molecule has 2 nitrogen and oxygen atoms in total. The molecule has 2 rings (SSSR count). The van der Waals surface area contributed by atoms with E-state index in [-0.39, 0.29) is 0 Å². The zero-order valence-electron chi connectivity index (χ0n) is 8.22. The van der Waals surface area contributed by atoms with Gasteiger partial charge in [0.1, 0.15) is 0 Å². The Balaban J connectivity index is 1.99. The summed E-state index contributed by atoms with van der Waals surface area (Å²) < 4.78 is 0. The van der Waals surface area contributed by atoms with Gasteiger partial charge < -0.3 is 10.3 Å². The van der Waals surface area contributed by atoms with Crippen molar-refractivity contribution in [1.29, 1.82) is 0 Å². The van der Waals surface area contributed by atoms with E-state index in [1.54, 1.807) is 0 Å². The number of aromatic amines is 1. The van der Waals surface area contributed by atoms with E-state index in [1.807, 2.05) is 6.20 Å². The van der Waals surface area contributed by atoms with Crippen LogP contribution in [0.5, 0.6) is 0 Å². The van der Waals surface area contributed by atoms with E-state index in [0.717, 1.165) is 5.92 Å². The predicted molar refractivity (Wildman–Crippen MR) is 54.8 cm³/mol. The Kier molecular flexibility index (Phi) is 2.69. The van der Waals surface area contributed by atoms with Gasteiger partial charge in [-0.15, -0.1) is 0 Å². The molecule has 1 aliphatic heterocycles. The van der Waals surface area contributed by atoms with Crippen LogP contribution in [0.3, 0.4) is 0 Å². The second-order valence-corrected chi connectivity index (χ2v) is 4.02. The molecule has 1 saturated heterocycles. The van der Waals surface area contributed by atoms with Crippen LogP contribution in [-0.2, 0) is 0 Å². The SMILES string of the molecule is CC(c1cc[nH]c1)C1CCNCC1. The van der Waals surface area contributed by atoms with Crippen molar-refractivity contribution < 1.29 is 0 Å². The summed E-state index contributed by atoms with van der Waals surface area (Å²) in [7, 11) is 0. The summed E-state index contributed by atoms with van der Waals surface area (Å²) in [4.78, 5) is 3.13. The number of hydrogen-bond acceptors (Lipinski definition) is 1. The van der Waals surface area contributed by atoms with E-state index in [1.165, 1.54) is 31.5 Å². The first kappa shape index (κ1) is 8.82. The average Bonchev–Trinajstić information content (AvgIpc) is 2.71. The fraction of sp³-hybridized carbons (Fsp3) is 0.636. The molecule has 2 heteroatoms. The van der Waals surface area contributed by atoms with E-state index in [9.17, 15) is 0 Å². The minimum absolute atomic E-state index is 0.716. The summed E-state index contributed by atoms with van der Waals surface area (Å²) in [5.74, 6) is 1.59. The Morgan fingerprint density at radius 2 is 2.15 bits per heavy atom. The maximum Gasteiger partial charge on any atom is 0.00401 e. The third-order valence-corrected chi connectivity index (χ3v) is 3.24. The Morgan fingerprint density at radius 1 is 1.38 bits per heavy atom. The van der Waals surface area contributed by atoms with E-state index in [2.05, 4.69) is 29.5 Å². The van der Waals surface area contributed by atoms with Gasteiger partial charge >= 0.3 is 0 Å². The first-order valence-electron chi connectivity index (χ1n) is 5.21. The highest BCUT2D eigenvalue weighted by atomic mass is 14.9. The third kappa shape index (κ3) is 1.94. The quantitative estimate of drug-likeness (QED) is 0.713. The molecule has 13 heavy (non-hydrogen) atoms. The Labute approximate surface area is 79.7 Å². The molecule has 1 unspecified atom stereocenters. The second-order valence-electron chi connectivity index (χ2n) is 4.02. The third-order valence-electron chi connectivity index (χ3n) is 3.24. The number of H-pyrrole nitrogens is 1. The summed E-state index contributed by atoms with van der Waals surface area (Å²) >= 11 is 0. The molecule has 1 aromatic rings. The first-order chi connectivity index (χ1) is 6.38. The van der Waals surface area contributed by atoms with Crippen LogP contribution < -0.4 is 5.32 Å². The minimum Gasteiger partial charge on any atom is -0.367 e. The molecule has 1 fully saturated rings. The molecule has 0 aliphatic carbocycles. The molecular weight excluding hydrogens is 160 g/mol. The van der Waals surface area contributed by atoms with Crippen molar-refractivity contribution in [3.8, 4) is 0 Å². The summed E-state index contributed by atoms with van der Waals surface area (Å²) in [5, 5.41) is 3.41. The maximum atomic E-state index is 3.41. The predicted octanol–water partition coefficient (Wildman–Crippen LogP) is 2.12. The van der Waals surface area contributed by atoms with Gasteiger partial charge in [0.05, 0.1) is 0 Å². The lowest BCUT2D eigenvalue weighted by Crippen LogP contribution is -2.30. The highest BCUT2D eigenvalue weighted by Gasteiger charge is 2.20. The van der Waals surface area contributed by atoms with E-state index < -0.39 is 0 Å². The highest BCUT2D eigenvalue weighted by molar-refractivity contribution is 5.15. The van der Waals surface area contributed by atoms with E-state index in [4.69, 9.17) is 0 Å². The topological polar surface area (TPSA) is 27.8 Å². The molecule has 0 saturated carbocycles. The maximum absolute atomic E-state index is 3.41. The summed E-state index contributed by atoms with van der Waals surface area (Å²) in [6.07, 6.45) is 6.80. The molecule has 1 aromatic heterocycles. The van der Waals surface area contributed by atoms with Crippen LogP contribution in [0.2, 0.25) is 0 Å². The fourth-order valence-corrected chi connectivity index (χ4v) is 2.24. The average molecular weight is 178 g/mol. The number of nitrogens with one attached hydrogen (secondary N) is 2. The molecule has 0 bridgehead atoms. The van der Waals surface area contributed by atoms with Crippen LogP contribution in [0.25, 0.3) is 0 Å². The van der Waals surface area contributed by atoms with Gasteiger partial charge in [0, 0.05) is 12.4 Å². The number of piperidine rings is 1. The number of aromatic nitrogens is 1. The number of rotatable bonds is 2. The van der Waals surface area contributed by atoms with Crippen molar-refractivity contribution in [2.24, 2.45) is 5.92 Å². The fourth-order valence-electron chi connectivity index (χ4n) is 2.24. The number of hydrogen-bond donors (Lipinski definition) is 2. The first-order valence-corrected chi connectivity index (χ1v) is 5.21. The van der Waals surface area contributed by atoms with Gasteiger partial charge in [-0.05, 0) is 49.4 Å². The second kappa shape index (κ2) is 3.97. The Bertz CT molecular complexity index is 235. The molecule has 72 valence electrons. The normalized spacial score (nSPS) is 21.6. The van der Waals surface area contributed by atoms with E-state index in [0.29, 0.717) is 5.92 Å². The standard InChI is InChI=1S/C11H18N2/c1-9(11-4-7-13-8-11)10-2-5-12-6-3-10/h4,7-10,12-13H,2-3,5-6H2,1H3. The van der Waals surface area contributed by atoms with Gasteiger partial charge in [0.15, 0.2) is 0 Å². The van der Waals surface area contributed by atoms with Crippen molar-refractivity contribution in [2.75, 3.05) is 13.1 Å². The lowest BCUT2D eigenvalue weighted by Gasteiger charge is -2.27. The lowest BCUT2D eigenvalue weighted by molar-refractivity contribution is 0.330. The molecule has 2 N–H and O–H groups in total. The van der Waals surface area contributed by atoms with Crippen LogP contribution in [0.15, 0.2) is 18.5 Å². The largest absolute Gasteiger partial charge is 0.367 e. The minimum atomic E-state index is 0.716. The Morgan fingerprint density at radius 3 is 2.77 bits per heavy atom. The van der Waals surface area contributed by atoms with Crippen LogP contribution in [0.1, 0.15) is 31.2 Å². The van der Waals surface area contributed by atoms with Gasteiger partial charge in [-0.25, -0.2) is 0 Å². The Hall–Kier alpha value is -0.760. The summed E-state index contributed by atoms with van der Waals surface area (Å²) in [6, 6.07) is 2.20. The molecule has 1 aliphatic rings. The van der Waals surface area contributed by atoms with Crippen molar-refractivity contribution in [3.63, 3.8) is 0 Å². The molecule has 0 amide bonds. The molecule has 0 aromatic carbocycles. The molecule has 1 atom stereocenters. The smallest absolute Gasteiger partial charge is 0.00401 e. The van der Waals surface area contributed by atoms with Crippen molar-refractivity contribution >= 4 is 0 Å². The molecular formula is C11H18N2. The summed E-state index contributed by atoms with van der Waals surface area (Å²) in [5.41, 5.74) is 1.46. The van der Waals surface area contributed by atoms with Crippen LogP contribution >= 0.6 is 0 Å². The molecule has 0 spiro atoms. The van der Waals surface area contributed by atoms with Gasteiger partial charge in [-0.3, -0.25) is 0 Å². The van der Waals surface area contributed by atoms with Gasteiger partial charge in [0.25, 0.3) is 0 Å². The van der Waals surface area contributed by atoms with Gasteiger partial charge in [-0.1, -0.05) is 6.92 Å². The molecule has 2 heterocycles. The van der Waals surface area contributed by atoms with E-state index >= 15 is 0 Å². The van der Waals surface area contributed by atoms with Crippen molar-refractivity contribution in [3.05, 3.63) is 24.0 Å².